The zero-order valence-corrected chi connectivity index (χ0v) is 28.6. The van der Waals surface area contributed by atoms with Gasteiger partial charge in [0.1, 0.15) is 11.5 Å². The van der Waals surface area contributed by atoms with Gasteiger partial charge in [0, 0.05) is 47.4 Å². The van der Waals surface area contributed by atoms with Gasteiger partial charge in [0.2, 0.25) is 0 Å². The zero-order valence-electron chi connectivity index (χ0n) is 27.8. The number of nitrogens with zero attached hydrogens (tertiary/aromatic N) is 2. The van der Waals surface area contributed by atoms with Crippen LogP contribution in [0.2, 0.25) is 0 Å². The van der Waals surface area contributed by atoms with E-state index in [1.165, 1.54) is 17.0 Å². The molecule has 0 unspecified atom stereocenters. The molecule has 1 heterocycles. The highest BCUT2D eigenvalue weighted by molar-refractivity contribution is 8.14. The fourth-order valence-corrected chi connectivity index (χ4v) is 13.9. The molecule has 2 spiro atoms. The highest BCUT2D eigenvalue weighted by Gasteiger charge is 2.86. The first-order valence-electron chi connectivity index (χ1n) is 17.0. The second-order valence-electron chi connectivity index (χ2n) is 16.7. The number of rotatable bonds is 6. The van der Waals surface area contributed by atoms with Gasteiger partial charge in [0.25, 0.3) is 0 Å². The molecule has 0 amide bonds. The van der Waals surface area contributed by atoms with E-state index in [1.807, 2.05) is 23.9 Å². The lowest BCUT2D eigenvalue weighted by molar-refractivity contribution is -0.169. The van der Waals surface area contributed by atoms with Crippen LogP contribution in [0.1, 0.15) is 92.1 Å². The molecule has 7 rings (SSSR count). The van der Waals surface area contributed by atoms with Gasteiger partial charge in [0.05, 0.1) is 24.3 Å². The molecule has 11 atom stereocenters. The number of hydrogen-bond donors (Lipinski definition) is 1. The fraction of sp³-hybridized carbons (Fsp3) is 0.784. The topological polar surface area (TPSA) is 62.1 Å². The van der Waals surface area contributed by atoms with Crippen LogP contribution in [-0.2, 0) is 11.3 Å². The summed E-state index contributed by atoms with van der Waals surface area (Å²) in [7, 11) is 3.89. The number of aliphatic hydroxyl groups is 1. The van der Waals surface area contributed by atoms with Crippen LogP contribution in [0, 0.1) is 50.7 Å². The van der Waals surface area contributed by atoms with E-state index in [0.717, 1.165) is 50.2 Å². The Bertz CT molecular complexity index is 1350. The molecule has 1 aromatic carbocycles. The molecule has 43 heavy (non-hydrogen) atoms. The Labute approximate surface area is 264 Å². The Morgan fingerprint density at radius 2 is 1.86 bits per heavy atom. The molecule has 0 aromatic heterocycles. The van der Waals surface area contributed by atoms with E-state index in [-0.39, 0.29) is 45.1 Å². The minimum Gasteiger partial charge on any atom is -0.497 e. The molecule has 1 aliphatic heterocycles. The van der Waals surface area contributed by atoms with Crippen molar-refractivity contribution in [3.63, 3.8) is 0 Å². The molecule has 0 bridgehead atoms. The van der Waals surface area contributed by atoms with Gasteiger partial charge in [-0.3, -0.25) is 14.7 Å². The van der Waals surface area contributed by atoms with Crippen LogP contribution in [0.25, 0.3) is 0 Å². The van der Waals surface area contributed by atoms with E-state index in [9.17, 15) is 9.90 Å². The Morgan fingerprint density at radius 1 is 1.12 bits per heavy atom. The first-order chi connectivity index (χ1) is 20.3. The quantitative estimate of drug-likeness (QED) is 0.370. The molecular weight excluding hydrogens is 552 g/mol. The van der Waals surface area contributed by atoms with Crippen molar-refractivity contribution in [2.45, 2.75) is 111 Å². The minimum absolute atomic E-state index is 0.0352. The monoisotopic (exact) mass is 606 g/mol. The van der Waals surface area contributed by atoms with Gasteiger partial charge in [-0.2, -0.15) is 0 Å². The lowest BCUT2D eigenvalue weighted by Crippen LogP contribution is -2.62. The van der Waals surface area contributed by atoms with Gasteiger partial charge in [0.15, 0.2) is 0 Å². The van der Waals surface area contributed by atoms with Crippen molar-refractivity contribution in [1.29, 1.82) is 0 Å². The number of Topliss-reactive ketones (excluding diaryl/α,β-unsaturated/α-hetero) is 1. The van der Waals surface area contributed by atoms with Crippen molar-refractivity contribution < 1.29 is 14.6 Å². The standard InChI is InChI=1S/C37H54N2O3S/c1-22(2)32-38-29-14-15-36-20-37(36)28(13-12-27(36)33(29,4)21-43-32)34(5)17-26(40)31(35(34,6)18-30(37)41)23(3)39(7)19-24-10-9-11-25(16-24)42-8/h9-11,16,22-23,26-29,31,40H,12-15,17-21H2,1-8H3/t23-,26+,27-,28-,29-,31-,33-,34-,35+,36+,37-/m0/s1. The maximum absolute atomic E-state index is 14.8. The largest absolute Gasteiger partial charge is 0.497 e. The summed E-state index contributed by atoms with van der Waals surface area (Å²) in [6.45, 7) is 15.0. The predicted octanol–water partition coefficient (Wildman–Crippen LogP) is 7.25. The molecule has 6 heteroatoms. The fourth-order valence-electron chi connectivity index (χ4n) is 12.5. The average Bonchev–Trinajstić information content (AvgIpc) is 3.60. The van der Waals surface area contributed by atoms with E-state index >= 15 is 0 Å². The Morgan fingerprint density at radius 3 is 2.58 bits per heavy atom. The Kier molecular flexibility index (Phi) is 6.91. The third-order valence-corrected chi connectivity index (χ3v) is 16.4. The van der Waals surface area contributed by atoms with E-state index in [4.69, 9.17) is 9.73 Å². The van der Waals surface area contributed by atoms with Crippen molar-refractivity contribution >= 4 is 22.6 Å². The van der Waals surface area contributed by atoms with Crippen LogP contribution in [0.4, 0.5) is 0 Å². The predicted molar refractivity (Wildman–Crippen MR) is 175 cm³/mol. The van der Waals surface area contributed by atoms with Crippen LogP contribution >= 0.6 is 11.8 Å². The molecule has 5 fully saturated rings. The SMILES string of the molecule is COc1cccc(CN(C)[C@@H](C)[C@H]2[C@H](O)C[C@@]3(C)[C@@H]4CC[C@H]5[C@]6(C)CSC(C(C)C)=N[C@H]6CC[C@@]56C[C@@]46C(=O)C[C@]23C)c1. The van der Waals surface area contributed by atoms with Crippen molar-refractivity contribution in [3.05, 3.63) is 29.8 Å². The summed E-state index contributed by atoms with van der Waals surface area (Å²) in [6.07, 6.45) is 6.80. The van der Waals surface area contributed by atoms with Gasteiger partial charge in [-0.25, -0.2) is 0 Å². The number of ketones is 1. The summed E-state index contributed by atoms with van der Waals surface area (Å²) in [5.41, 5.74) is 1.14. The van der Waals surface area contributed by atoms with Crippen molar-refractivity contribution in [2.24, 2.45) is 55.7 Å². The molecule has 6 aliphatic rings. The van der Waals surface area contributed by atoms with E-state index in [1.54, 1.807) is 7.11 Å². The number of thioether (sulfide) groups is 1. The number of benzene rings is 1. The number of fused-ring (bicyclic) bond motifs is 4. The Balaban J connectivity index is 1.17. The van der Waals surface area contributed by atoms with Gasteiger partial charge < -0.3 is 9.84 Å². The average molecular weight is 607 g/mol. The number of ether oxygens (including phenoxy) is 1. The maximum atomic E-state index is 14.8. The highest BCUT2D eigenvalue weighted by atomic mass is 32.2. The number of methoxy groups -OCH3 is 1. The van der Waals surface area contributed by atoms with Gasteiger partial charge >= 0.3 is 0 Å². The van der Waals surface area contributed by atoms with Crippen molar-refractivity contribution in [2.75, 3.05) is 19.9 Å². The summed E-state index contributed by atoms with van der Waals surface area (Å²) >= 11 is 2.00. The molecule has 5 nitrogen and oxygen atoms in total. The highest BCUT2D eigenvalue weighted by Crippen LogP contribution is 2.88. The minimum atomic E-state index is -0.389. The molecule has 5 aliphatic carbocycles. The normalized spacial score (nSPS) is 47.2. The summed E-state index contributed by atoms with van der Waals surface area (Å²) in [5, 5.41) is 13.3. The van der Waals surface area contributed by atoms with Crippen LogP contribution in [0.3, 0.4) is 0 Å². The summed E-state index contributed by atoms with van der Waals surface area (Å²) in [6, 6.07) is 8.85. The third kappa shape index (κ3) is 3.84. The van der Waals surface area contributed by atoms with Gasteiger partial charge in [-0.15, -0.1) is 11.8 Å². The van der Waals surface area contributed by atoms with Crippen LogP contribution < -0.4 is 4.74 Å². The summed E-state index contributed by atoms with van der Waals surface area (Å²) in [5.74, 6) is 4.11. The smallest absolute Gasteiger partial charge is 0.140 e. The number of carbonyl (C=O) groups excluding carboxylic acids is 1. The maximum Gasteiger partial charge on any atom is 0.140 e. The van der Waals surface area contributed by atoms with E-state index < -0.39 is 0 Å². The van der Waals surface area contributed by atoms with E-state index in [2.05, 4.69) is 65.6 Å². The van der Waals surface area contributed by atoms with Crippen LogP contribution in [0.5, 0.6) is 5.75 Å². The molecule has 1 aromatic rings. The molecule has 5 saturated carbocycles. The second-order valence-corrected chi connectivity index (χ2v) is 17.7. The zero-order chi connectivity index (χ0) is 30.7. The van der Waals surface area contributed by atoms with Gasteiger partial charge in [-0.05, 0) is 98.3 Å². The number of aliphatic imine (C=N–C) groups is 1. The number of hydrogen-bond acceptors (Lipinski definition) is 6. The first-order valence-corrected chi connectivity index (χ1v) is 18.0. The second kappa shape index (κ2) is 9.82. The first kappa shape index (κ1) is 30.3. The molecule has 236 valence electrons. The lowest BCUT2D eigenvalue weighted by Gasteiger charge is -2.63. The molecule has 0 saturated heterocycles. The van der Waals surface area contributed by atoms with Crippen molar-refractivity contribution in [1.82, 2.24) is 4.90 Å². The van der Waals surface area contributed by atoms with E-state index in [0.29, 0.717) is 36.0 Å². The third-order valence-electron chi connectivity index (χ3n) is 14.8. The number of carbonyl (C=O) groups is 1. The number of aliphatic hydroxyl groups excluding tert-OH is 1. The molecule has 0 radical (unpaired) electrons. The van der Waals surface area contributed by atoms with Crippen LogP contribution in [0.15, 0.2) is 29.3 Å². The molecule has 1 N–H and O–H groups in total. The summed E-state index contributed by atoms with van der Waals surface area (Å²) in [4.78, 5) is 22.5. The van der Waals surface area contributed by atoms with Crippen LogP contribution in [-0.4, -0.2) is 58.9 Å². The van der Waals surface area contributed by atoms with Crippen molar-refractivity contribution in [3.8, 4) is 5.75 Å². The van der Waals surface area contributed by atoms with Gasteiger partial charge in [-0.1, -0.05) is 46.8 Å². The lowest BCUT2D eigenvalue weighted by atomic mass is 9.41. The summed E-state index contributed by atoms with van der Waals surface area (Å²) < 4.78 is 5.47. The Hall–Kier alpha value is -1.37. The molecular formula is C37H54N2O3S.